The Morgan fingerprint density at radius 3 is 2.74 bits per heavy atom. The van der Waals surface area contributed by atoms with E-state index in [4.69, 9.17) is 9.47 Å². The Morgan fingerprint density at radius 2 is 2.16 bits per heavy atom. The lowest BCUT2D eigenvalue weighted by Gasteiger charge is -2.35. The summed E-state index contributed by atoms with van der Waals surface area (Å²) in [4.78, 5) is 12.3. The van der Waals surface area contributed by atoms with Crippen molar-refractivity contribution in [1.82, 2.24) is 5.32 Å². The summed E-state index contributed by atoms with van der Waals surface area (Å²) in [6.45, 7) is 9.69. The van der Waals surface area contributed by atoms with Gasteiger partial charge in [-0.25, -0.2) is 0 Å². The smallest absolute Gasteiger partial charge is 0.313 e. The van der Waals surface area contributed by atoms with Gasteiger partial charge in [-0.05, 0) is 31.7 Å². The molecule has 0 aromatic carbocycles. The predicted molar refractivity (Wildman–Crippen MR) is 76.1 cm³/mol. The molecule has 1 heterocycles. The maximum Gasteiger partial charge on any atom is 0.313 e. The van der Waals surface area contributed by atoms with Gasteiger partial charge in [-0.2, -0.15) is 0 Å². The molecular formula is C15H29NO3. The molecule has 1 unspecified atom stereocenters. The van der Waals surface area contributed by atoms with Crippen LogP contribution in [0, 0.1) is 11.3 Å². The van der Waals surface area contributed by atoms with Crippen molar-refractivity contribution in [3.8, 4) is 0 Å². The SMILES string of the molecule is CCCC1(C(=O)OCCOCC(C)C)CCCNC1. The third kappa shape index (κ3) is 5.49. The van der Waals surface area contributed by atoms with Crippen LogP contribution in [0.25, 0.3) is 0 Å². The third-order valence-corrected chi connectivity index (χ3v) is 3.55. The molecule has 0 bridgehead atoms. The quantitative estimate of drug-likeness (QED) is 0.544. The van der Waals surface area contributed by atoms with Crippen LogP contribution in [0.4, 0.5) is 0 Å². The molecule has 1 saturated heterocycles. The van der Waals surface area contributed by atoms with E-state index >= 15 is 0 Å². The van der Waals surface area contributed by atoms with Crippen LogP contribution in [-0.4, -0.2) is 38.9 Å². The zero-order valence-corrected chi connectivity index (χ0v) is 12.7. The van der Waals surface area contributed by atoms with Crippen molar-refractivity contribution in [3.05, 3.63) is 0 Å². The van der Waals surface area contributed by atoms with E-state index < -0.39 is 0 Å². The van der Waals surface area contributed by atoms with Gasteiger partial charge in [-0.1, -0.05) is 27.2 Å². The largest absolute Gasteiger partial charge is 0.463 e. The minimum atomic E-state index is -0.301. The zero-order chi connectivity index (χ0) is 14.1. The highest BCUT2D eigenvalue weighted by atomic mass is 16.6. The van der Waals surface area contributed by atoms with Crippen LogP contribution in [0.1, 0.15) is 46.5 Å². The number of piperidine rings is 1. The second-order valence-electron chi connectivity index (χ2n) is 5.92. The molecule has 1 fully saturated rings. The van der Waals surface area contributed by atoms with Crippen molar-refractivity contribution in [2.75, 3.05) is 32.9 Å². The van der Waals surface area contributed by atoms with Crippen LogP contribution in [-0.2, 0) is 14.3 Å². The van der Waals surface area contributed by atoms with Gasteiger partial charge in [-0.15, -0.1) is 0 Å². The van der Waals surface area contributed by atoms with Crippen molar-refractivity contribution >= 4 is 5.97 Å². The van der Waals surface area contributed by atoms with E-state index in [0.717, 1.165) is 45.4 Å². The Balaban J connectivity index is 2.32. The molecule has 112 valence electrons. The average molecular weight is 271 g/mol. The Bertz CT molecular complexity index is 255. The maximum atomic E-state index is 12.3. The molecule has 0 aromatic rings. The average Bonchev–Trinajstić information content (AvgIpc) is 2.39. The summed E-state index contributed by atoms with van der Waals surface area (Å²) in [5.41, 5.74) is -0.301. The minimum absolute atomic E-state index is 0.0466. The van der Waals surface area contributed by atoms with E-state index in [-0.39, 0.29) is 11.4 Å². The molecule has 1 aliphatic heterocycles. The van der Waals surface area contributed by atoms with Crippen molar-refractivity contribution < 1.29 is 14.3 Å². The first kappa shape index (κ1) is 16.4. The molecule has 0 amide bonds. The summed E-state index contributed by atoms with van der Waals surface area (Å²) in [5.74, 6) is 0.472. The number of hydrogen-bond acceptors (Lipinski definition) is 4. The fourth-order valence-corrected chi connectivity index (χ4v) is 2.60. The lowest BCUT2D eigenvalue weighted by Crippen LogP contribution is -2.46. The van der Waals surface area contributed by atoms with Crippen LogP contribution in [0.3, 0.4) is 0 Å². The van der Waals surface area contributed by atoms with Crippen LogP contribution in [0.5, 0.6) is 0 Å². The van der Waals surface area contributed by atoms with Crippen LogP contribution in [0.2, 0.25) is 0 Å². The fourth-order valence-electron chi connectivity index (χ4n) is 2.60. The molecule has 4 nitrogen and oxygen atoms in total. The molecule has 19 heavy (non-hydrogen) atoms. The van der Waals surface area contributed by atoms with Gasteiger partial charge >= 0.3 is 5.97 Å². The number of rotatable bonds is 8. The van der Waals surface area contributed by atoms with Crippen molar-refractivity contribution in [1.29, 1.82) is 0 Å². The summed E-state index contributed by atoms with van der Waals surface area (Å²) in [6.07, 6.45) is 3.92. The van der Waals surface area contributed by atoms with Crippen molar-refractivity contribution in [3.63, 3.8) is 0 Å². The lowest BCUT2D eigenvalue weighted by atomic mass is 9.77. The van der Waals surface area contributed by atoms with Gasteiger partial charge in [0, 0.05) is 13.2 Å². The van der Waals surface area contributed by atoms with E-state index in [0.29, 0.717) is 19.1 Å². The Morgan fingerprint density at radius 1 is 1.37 bits per heavy atom. The molecule has 0 saturated carbocycles. The van der Waals surface area contributed by atoms with E-state index in [2.05, 4.69) is 26.1 Å². The first-order valence-electron chi connectivity index (χ1n) is 7.56. The summed E-state index contributed by atoms with van der Waals surface area (Å²) >= 11 is 0. The molecular weight excluding hydrogens is 242 g/mol. The van der Waals surface area contributed by atoms with E-state index in [9.17, 15) is 4.79 Å². The summed E-state index contributed by atoms with van der Waals surface area (Å²) < 4.78 is 10.8. The first-order valence-corrected chi connectivity index (χ1v) is 7.56. The van der Waals surface area contributed by atoms with Crippen LogP contribution < -0.4 is 5.32 Å². The van der Waals surface area contributed by atoms with Gasteiger partial charge in [0.25, 0.3) is 0 Å². The predicted octanol–water partition coefficient (Wildman–Crippen LogP) is 2.37. The van der Waals surface area contributed by atoms with Gasteiger partial charge in [0.2, 0.25) is 0 Å². The minimum Gasteiger partial charge on any atom is -0.463 e. The Hall–Kier alpha value is -0.610. The molecule has 1 N–H and O–H groups in total. The fraction of sp³-hybridized carbons (Fsp3) is 0.933. The van der Waals surface area contributed by atoms with Crippen LogP contribution in [0.15, 0.2) is 0 Å². The second kappa shape index (κ2) is 8.54. The van der Waals surface area contributed by atoms with E-state index in [1.165, 1.54) is 0 Å². The van der Waals surface area contributed by atoms with Crippen molar-refractivity contribution in [2.24, 2.45) is 11.3 Å². The normalized spacial score (nSPS) is 23.6. The Labute approximate surface area is 117 Å². The molecule has 0 spiro atoms. The lowest BCUT2D eigenvalue weighted by molar-refractivity contribution is -0.159. The molecule has 0 aromatic heterocycles. The number of ether oxygens (including phenoxy) is 2. The van der Waals surface area contributed by atoms with Gasteiger partial charge in [-0.3, -0.25) is 4.79 Å². The standard InChI is InChI=1S/C15H29NO3/c1-4-6-15(7-5-8-16-12-15)14(17)19-10-9-18-11-13(2)3/h13,16H,4-12H2,1-3H3. The van der Waals surface area contributed by atoms with Gasteiger partial charge in [0.05, 0.1) is 12.0 Å². The van der Waals surface area contributed by atoms with Crippen molar-refractivity contribution in [2.45, 2.75) is 46.5 Å². The first-order chi connectivity index (χ1) is 9.10. The molecule has 1 atom stereocenters. The van der Waals surface area contributed by atoms with Gasteiger partial charge in [0.15, 0.2) is 0 Å². The zero-order valence-electron chi connectivity index (χ0n) is 12.7. The molecule has 0 radical (unpaired) electrons. The molecule has 4 heteroatoms. The number of nitrogens with one attached hydrogen (secondary N) is 1. The second-order valence-corrected chi connectivity index (χ2v) is 5.92. The van der Waals surface area contributed by atoms with E-state index in [1.807, 2.05) is 0 Å². The molecule has 1 aliphatic rings. The summed E-state index contributed by atoms with van der Waals surface area (Å²) in [5, 5.41) is 3.33. The van der Waals surface area contributed by atoms with Gasteiger partial charge in [0.1, 0.15) is 6.61 Å². The summed E-state index contributed by atoms with van der Waals surface area (Å²) in [7, 11) is 0. The highest BCUT2D eigenvalue weighted by Gasteiger charge is 2.40. The molecule has 0 aliphatic carbocycles. The number of carbonyl (C=O) groups excluding carboxylic acids is 1. The van der Waals surface area contributed by atoms with Crippen LogP contribution >= 0.6 is 0 Å². The Kier molecular flexibility index (Phi) is 7.39. The van der Waals surface area contributed by atoms with Gasteiger partial charge < -0.3 is 14.8 Å². The number of esters is 1. The highest BCUT2D eigenvalue weighted by molar-refractivity contribution is 5.77. The number of carbonyl (C=O) groups is 1. The molecule has 1 rings (SSSR count). The topological polar surface area (TPSA) is 47.6 Å². The highest BCUT2D eigenvalue weighted by Crippen LogP contribution is 2.32. The monoisotopic (exact) mass is 271 g/mol. The third-order valence-electron chi connectivity index (χ3n) is 3.55. The van der Waals surface area contributed by atoms with E-state index in [1.54, 1.807) is 0 Å². The number of hydrogen-bond donors (Lipinski definition) is 1. The maximum absolute atomic E-state index is 12.3. The summed E-state index contributed by atoms with van der Waals surface area (Å²) in [6, 6.07) is 0.